The fraction of sp³-hybridized carbons (Fsp3) is 0.700. The Morgan fingerprint density at radius 3 is 2.46 bits per heavy atom. The molecular weight excluding hydrogens is 164 g/mol. The number of nitrogens with one attached hydrogen (secondary N) is 1. The van der Waals surface area contributed by atoms with Crippen molar-refractivity contribution in [3.63, 3.8) is 0 Å². The fourth-order valence-electron chi connectivity index (χ4n) is 1.55. The number of carbonyl (C=O) groups excluding carboxylic acids is 1. The van der Waals surface area contributed by atoms with Gasteiger partial charge in [-0.05, 0) is 12.8 Å². The van der Waals surface area contributed by atoms with Crippen LogP contribution in [0.4, 0.5) is 4.79 Å². The van der Waals surface area contributed by atoms with Crippen LogP contribution in [0.5, 0.6) is 0 Å². The molecule has 1 fully saturated rings. The van der Waals surface area contributed by atoms with Gasteiger partial charge in [-0.3, -0.25) is 0 Å². The zero-order chi connectivity index (χ0) is 9.52. The normalized spacial score (nSPS) is 17.7. The first-order chi connectivity index (χ1) is 6.34. The number of urea groups is 1. The van der Waals surface area contributed by atoms with Gasteiger partial charge in [0.25, 0.3) is 0 Å². The topological polar surface area (TPSA) is 32.3 Å². The van der Waals surface area contributed by atoms with Crippen molar-refractivity contribution in [1.29, 1.82) is 0 Å². The van der Waals surface area contributed by atoms with Gasteiger partial charge in [-0.2, -0.15) is 0 Å². The summed E-state index contributed by atoms with van der Waals surface area (Å²) in [4.78, 5) is 13.4. The Morgan fingerprint density at radius 1 is 1.31 bits per heavy atom. The van der Waals surface area contributed by atoms with Gasteiger partial charge < -0.3 is 10.2 Å². The Balaban J connectivity index is 2.30. The first-order valence-electron chi connectivity index (χ1n) is 4.98. The molecule has 0 aliphatic carbocycles. The van der Waals surface area contributed by atoms with Crippen molar-refractivity contribution >= 4 is 6.03 Å². The number of hydrogen-bond acceptors (Lipinski definition) is 1. The van der Waals surface area contributed by atoms with E-state index in [-0.39, 0.29) is 6.03 Å². The summed E-state index contributed by atoms with van der Waals surface area (Å²) in [5, 5.41) is 2.80. The minimum absolute atomic E-state index is 0.0572. The van der Waals surface area contributed by atoms with Gasteiger partial charge in [0, 0.05) is 19.6 Å². The molecular formula is C10H18N2O. The molecule has 0 saturated carbocycles. The highest BCUT2D eigenvalue weighted by Gasteiger charge is 2.13. The Morgan fingerprint density at radius 2 is 1.92 bits per heavy atom. The molecule has 3 heteroatoms. The minimum Gasteiger partial charge on any atom is -0.335 e. The van der Waals surface area contributed by atoms with Gasteiger partial charge in [-0.1, -0.05) is 18.9 Å². The lowest BCUT2D eigenvalue weighted by Crippen LogP contribution is -2.40. The van der Waals surface area contributed by atoms with Gasteiger partial charge in [-0.15, -0.1) is 6.58 Å². The first-order valence-corrected chi connectivity index (χ1v) is 4.98. The maximum atomic E-state index is 11.5. The van der Waals surface area contributed by atoms with E-state index in [0.29, 0.717) is 6.54 Å². The summed E-state index contributed by atoms with van der Waals surface area (Å²) in [5.74, 6) is 0. The molecule has 0 radical (unpaired) electrons. The van der Waals surface area contributed by atoms with Gasteiger partial charge in [0.1, 0.15) is 0 Å². The third-order valence-electron chi connectivity index (χ3n) is 2.29. The van der Waals surface area contributed by atoms with Crippen LogP contribution in [0.3, 0.4) is 0 Å². The number of amides is 2. The van der Waals surface area contributed by atoms with Crippen LogP contribution in [0, 0.1) is 0 Å². The van der Waals surface area contributed by atoms with Crippen molar-refractivity contribution in [2.75, 3.05) is 19.6 Å². The summed E-state index contributed by atoms with van der Waals surface area (Å²) in [5.41, 5.74) is 0. The van der Waals surface area contributed by atoms with Crippen LogP contribution in [0.15, 0.2) is 12.7 Å². The van der Waals surface area contributed by atoms with E-state index >= 15 is 0 Å². The average molecular weight is 182 g/mol. The second-order valence-corrected chi connectivity index (χ2v) is 3.38. The molecule has 0 bridgehead atoms. The number of nitrogens with zero attached hydrogens (tertiary/aromatic N) is 1. The van der Waals surface area contributed by atoms with Crippen LogP contribution in [0.2, 0.25) is 0 Å². The van der Waals surface area contributed by atoms with E-state index in [4.69, 9.17) is 0 Å². The molecule has 1 aliphatic rings. The summed E-state index contributed by atoms with van der Waals surface area (Å²) in [7, 11) is 0. The highest BCUT2D eigenvalue weighted by molar-refractivity contribution is 5.74. The molecule has 13 heavy (non-hydrogen) atoms. The highest BCUT2D eigenvalue weighted by Crippen LogP contribution is 2.09. The van der Waals surface area contributed by atoms with Crippen LogP contribution in [-0.4, -0.2) is 30.6 Å². The minimum atomic E-state index is 0.0572. The maximum absolute atomic E-state index is 11.5. The SMILES string of the molecule is C=CCNC(=O)N1CCCCCC1. The summed E-state index contributed by atoms with van der Waals surface area (Å²) in [6.45, 7) is 5.94. The predicted molar refractivity (Wildman–Crippen MR) is 53.6 cm³/mol. The van der Waals surface area contributed by atoms with Crippen molar-refractivity contribution in [2.24, 2.45) is 0 Å². The van der Waals surface area contributed by atoms with Gasteiger partial charge in [0.15, 0.2) is 0 Å². The van der Waals surface area contributed by atoms with Crippen LogP contribution in [0.1, 0.15) is 25.7 Å². The average Bonchev–Trinajstić information content (AvgIpc) is 2.42. The third kappa shape index (κ3) is 3.49. The highest BCUT2D eigenvalue weighted by atomic mass is 16.2. The molecule has 1 heterocycles. The molecule has 0 atom stereocenters. The molecule has 2 amide bonds. The standard InChI is InChI=1S/C10H18N2O/c1-2-7-11-10(13)12-8-5-3-4-6-9-12/h2H,1,3-9H2,(H,11,13). The Hall–Kier alpha value is -0.990. The summed E-state index contributed by atoms with van der Waals surface area (Å²) in [6, 6.07) is 0.0572. The van der Waals surface area contributed by atoms with Crippen molar-refractivity contribution < 1.29 is 4.79 Å². The Kier molecular flexibility index (Phi) is 4.36. The molecule has 0 aromatic heterocycles. The van der Waals surface area contributed by atoms with Gasteiger partial charge in [-0.25, -0.2) is 4.79 Å². The van der Waals surface area contributed by atoms with E-state index in [9.17, 15) is 4.79 Å². The van der Waals surface area contributed by atoms with Crippen LogP contribution >= 0.6 is 0 Å². The summed E-state index contributed by atoms with van der Waals surface area (Å²) >= 11 is 0. The lowest BCUT2D eigenvalue weighted by atomic mass is 10.2. The van der Waals surface area contributed by atoms with Gasteiger partial charge in [0.05, 0.1) is 0 Å². The van der Waals surface area contributed by atoms with E-state index in [0.717, 1.165) is 25.9 Å². The predicted octanol–water partition coefficient (Wildman–Crippen LogP) is 1.76. The first kappa shape index (κ1) is 10.1. The third-order valence-corrected chi connectivity index (χ3v) is 2.29. The number of hydrogen-bond donors (Lipinski definition) is 1. The lowest BCUT2D eigenvalue weighted by molar-refractivity contribution is 0.201. The second-order valence-electron chi connectivity index (χ2n) is 3.38. The van der Waals surface area contributed by atoms with Crippen LogP contribution in [-0.2, 0) is 0 Å². The maximum Gasteiger partial charge on any atom is 0.317 e. The van der Waals surface area contributed by atoms with Crippen molar-refractivity contribution in [3.05, 3.63) is 12.7 Å². The van der Waals surface area contributed by atoms with Gasteiger partial charge >= 0.3 is 6.03 Å². The molecule has 1 saturated heterocycles. The molecule has 0 aromatic rings. The largest absolute Gasteiger partial charge is 0.335 e. The molecule has 74 valence electrons. The lowest BCUT2D eigenvalue weighted by Gasteiger charge is -2.20. The summed E-state index contributed by atoms with van der Waals surface area (Å²) in [6.07, 6.45) is 6.50. The molecule has 0 spiro atoms. The quantitative estimate of drug-likeness (QED) is 0.648. The number of carbonyl (C=O) groups is 1. The molecule has 3 nitrogen and oxygen atoms in total. The van der Waals surface area contributed by atoms with E-state index in [1.807, 2.05) is 4.90 Å². The van der Waals surface area contributed by atoms with Crippen molar-refractivity contribution in [3.8, 4) is 0 Å². The fourth-order valence-corrected chi connectivity index (χ4v) is 1.55. The van der Waals surface area contributed by atoms with Crippen molar-refractivity contribution in [2.45, 2.75) is 25.7 Å². The number of likely N-dealkylation sites (tertiary alicyclic amines) is 1. The van der Waals surface area contributed by atoms with Crippen LogP contribution in [0.25, 0.3) is 0 Å². The number of rotatable bonds is 2. The molecule has 0 unspecified atom stereocenters. The van der Waals surface area contributed by atoms with Gasteiger partial charge in [0.2, 0.25) is 0 Å². The molecule has 0 aromatic carbocycles. The van der Waals surface area contributed by atoms with Crippen LogP contribution < -0.4 is 5.32 Å². The van der Waals surface area contributed by atoms with E-state index in [1.165, 1.54) is 12.8 Å². The molecule has 1 aliphatic heterocycles. The zero-order valence-corrected chi connectivity index (χ0v) is 8.09. The van der Waals surface area contributed by atoms with E-state index in [1.54, 1.807) is 6.08 Å². The van der Waals surface area contributed by atoms with Crippen molar-refractivity contribution in [1.82, 2.24) is 10.2 Å². The zero-order valence-electron chi connectivity index (χ0n) is 8.09. The molecule has 1 N–H and O–H groups in total. The Bertz CT molecular complexity index is 172. The van der Waals surface area contributed by atoms with E-state index < -0.39 is 0 Å². The monoisotopic (exact) mass is 182 g/mol. The summed E-state index contributed by atoms with van der Waals surface area (Å²) < 4.78 is 0. The smallest absolute Gasteiger partial charge is 0.317 e. The Labute approximate surface area is 79.8 Å². The van der Waals surface area contributed by atoms with E-state index in [2.05, 4.69) is 11.9 Å². The second kappa shape index (κ2) is 5.62. The molecule has 1 rings (SSSR count).